The number of hydrogen-bond donors (Lipinski definition) is 0. The molecule has 5 heteroatoms. The Bertz CT molecular complexity index is 143. The minimum Gasteiger partial charge on any atom is -0.436 e. The molecular formula is C8H16O5. The monoisotopic (exact) mass is 192 g/mol. The summed E-state index contributed by atoms with van der Waals surface area (Å²) in [6.07, 6.45) is -0.699. The average molecular weight is 192 g/mol. The molecule has 0 bridgehead atoms. The molecule has 0 heterocycles. The van der Waals surface area contributed by atoms with Crippen LogP contribution in [-0.2, 0) is 23.7 Å². The Morgan fingerprint density at radius 1 is 1.08 bits per heavy atom. The van der Waals surface area contributed by atoms with Gasteiger partial charge in [0.25, 0.3) is 0 Å². The van der Waals surface area contributed by atoms with Gasteiger partial charge in [-0.25, -0.2) is 0 Å². The van der Waals surface area contributed by atoms with E-state index in [1.165, 1.54) is 28.3 Å². The van der Waals surface area contributed by atoms with E-state index in [9.17, 15) is 4.79 Å². The van der Waals surface area contributed by atoms with Gasteiger partial charge >= 0.3 is 5.97 Å². The van der Waals surface area contributed by atoms with Gasteiger partial charge in [-0.2, -0.15) is 0 Å². The summed E-state index contributed by atoms with van der Waals surface area (Å²) in [5.41, 5.74) is 0. The molecule has 0 saturated heterocycles. The first-order valence-corrected chi connectivity index (χ1v) is 3.89. The molecule has 0 aromatic rings. The minimum atomic E-state index is -0.623. The number of carbonyl (C=O) groups excluding carboxylic acids is 1. The van der Waals surface area contributed by atoms with Crippen LogP contribution < -0.4 is 0 Å². The highest BCUT2D eigenvalue weighted by atomic mass is 16.7. The lowest BCUT2D eigenvalue weighted by atomic mass is 10.4. The first-order valence-electron chi connectivity index (χ1n) is 3.89. The number of methoxy groups -OCH3 is 3. The molecule has 1 unspecified atom stereocenters. The maximum absolute atomic E-state index is 10.6. The standard InChI is InChI=1S/C8H16O5/c1-6(9)13-8(12-4)5-7(10-2)11-3/h7-8H,5H2,1-4H3. The van der Waals surface area contributed by atoms with Crippen LogP contribution in [0.4, 0.5) is 0 Å². The van der Waals surface area contributed by atoms with Crippen LogP contribution in [0.1, 0.15) is 13.3 Å². The molecule has 0 radical (unpaired) electrons. The molecule has 0 N–H and O–H groups in total. The van der Waals surface area contributed by atoms with E-state index in [0.29, 0.717) is 6.42 Å². The van der Waals surface area contributed by atoms with Gasteiger partial charge in [0.2, 0.25) is 6.29 Å². The van der Waals surface area contributed by atoms with Gasteiger partial charge in [0.15, 0.2) is 6.29 Å². The van der Waals surface area contributed by atoms with Crippen LogP contribution in [0, 0.1) is 0 Å². The van der Waals surface area contributed by atoms with Crippen molar-refractivity contribution in [1.82, 2.24) is 0 Å². The maximum Gasteiger partial charge on any atom is 0.304 e. The number of esters is 1. The van der Waals surface area contributed by atoms with E-state index in [4.69, 9.17) is 18.9 Å². The zero-order valence-corrected chi connectivity index (χ0v) is 8.40. The molecular weight excluding hydrogens is 176 g/mol. The first kappa shape index (κ1) is 12.3. The van der Waals surface area contributed by atoms with Crippen molar-refractivity contribution in [2.75, 3.05) is 21.3 Å². The smallest absolute Gasteiger partial charge is 0.304 e. The molecule has 0 saturated carbocycles. The summed E-state index contributed by atoms with van der Waals surface area (Å²) in [4.78, 5) is 10.6. The van der Waals surface area contributed by atoms with Crippen molar-refractivity contribution in [2.45, 2.75) is 25.9 Å². The Balaban J connectivity index is 3.87. The van der Waals surface area contributed by atoms with Crippen LogP contribution in [-0.4, -0.2) is 39.9 Å². The molecule has 0 spiro atoms. The lowest BCUT2D eigenvalue weighted by Crippen LogP contribution is -2.26. The summed E-state index contributed by atoms with van der Waals surface area (Å²) in [5.74, 6) is -0.391. The van der Waals surface area contributed by atoms with Gasteiger partial charge in [0.05, 0.1) is 6.42 Å². The van der Waals surface area contributed by atoms with E-state index in [-0.39, 0.29) is 0 Å². The predicted octanol–water partition coefficient (Wildman–Crippen LogP) is 0.531. The highest BCUT2D eigenvalue weighted by Gasteiger charge is 2.17. The fraction of sp³-hybridized carbons (Fsp3) is 0.875. The maximum atomic E-state index is 10.6. The molecule has 0 aliphatic carbocycles. The Hall–Kier alpha value is -0.650. The van der Waals surface area contributed by atoms with Crippen LogP contribution >= 0.6 is 0 Å². The van der Waals surface area contributed by atoms with E-state index in [1.807, 2.05) is 0 Å². The third-order valence-corrected chi connectivity index (χ3v) is 1.47. The summed E-state index contributed by atoms with van der Waals surface area (Å²) < 4.78 is 19.5. The van der Waals surface area contributed by atoms with Crippen LogP contribution in [0.2, 0.25) is 0 Å². The molecule has 1 atom stereocenters. The fourth-order valence-electron chi connectivity index (χ4n) is 0.823. The second-order valence-electron chi connectivity index (χ2n) is 2.41. The SMILES string of the molecule is COC(CC(OC)OC(C)=O)OC. The van der Waals surface area contributed by atoms with Crippen molar-refractivity contribution in [1.29, 1.82) is 0 Å². The minimum absolute atomic E-state index is 0.350. The van der Waals surface area contributed by atoms with Gasteiger partial charge in [0, 0.05) is 28.3 Å². The zero-order chi connectivity index (χ0) is 10.3. The predicted molar refractivity (Wildman–Crippen MR) is 45.0 cm³/mol. The van der Waals surface area contributed by atoms with Crippen molar-refractivity contribution < 1.29 is 23.7 Å². The molecule has 0 aromatic heterocycles. The van der Waals surface area contributed by atoms with Gasteiger partial charge in [0.1, 0.15) is 0 Å². The Morgan fingerprint density at radius 3 is 1.85 bits per heavy atom. The summed E-state index contributed by atoms with van der Waals surface area (Å²) in [6, 6.07) is 0. The molecule has 0 rings (SSSR count). The molecule has 0 aliphatic heterocycles. The average Bonchev–Trinajstić information content (AvgIpc) is 2.11. The Labute approximate surface area is 77.9 Å². The van der Waals surface area contributed by atoms with Crippen molar-refractivity contribution in [3.8, 4) is 0 Å². The third-order valence-electron chi connectivity index (χ3n) is 1.47. The number of carbonyl (C=O) groups is 1. The molecule has 0 aromatic carbocycles. The molecule has 0 fully saturated rings. The topological polar surface area (TPSA) is 54.0 Å². The van der Waals surface area contributed by atoms with E-state index in [2.05, 4.69) is 0 Å². The second kappa shape index (κ2) is 6.82. The van der Waals surface area contributed by atoms with Crippen molar-refractivity contribution >= 4 is 5.97 Å². The highest BCUT2D eigenvalue weighted by Crippen LogP contribution is 2.07. The van der Waals surface area contributed by atoms with Gasteiger partial charge in [-0.15, -0.1) is 0 Å². The molecule has 78 valence electrons. The van der Waals surface area contributed by atoms with Gasteiger partial charge in [-0.3, -0.25) is 4.79 Å². The van der Waals surface area contributed by atoms with Crippen LogP contribution in [0.15, 0.2) is 0 Å². The summed E-state index contributed by atoms with van der Waals surface area (Å²) in [5, 5.41) is 0. The van der Waals surface area contributed by atoms with Gasteiger partial charge in [-0.1, -0.05) is 0 Å². The fourth-order valence-corrected chi connectivity index (χ4v) is 0.823. The quantitative estimate of drug-likeness (QED) is 0.454. The number of rotatable bonds is 6. The van der Waals surface area contributed by atoms with E-state index in [1.54, 1.807) is 0 Å². The van der Waals surface area contributed by atoms with Crippen molar-refractivity contribution in [3.63, 3.8) is 0 Å². The lowest BCUT2D eigenvalue weighted by Gasteiger charge is -2.19. The molecule has 13 heavy (non-hydrogen) atoms. The first-order chi connectivity index (χ1) is 6.13. The summed E-state index contributed by atoms with van der Waals surface area (Å²) in [6.45, 7) is 1.32. The molecule has 5 nitrogen and oxygen atoms in total. The van der Waals surface area contributed by atoms with Crippen molar-refractivity contribution in [3.05, 3.63) is 0 Å². The number of ether oxygens (including phenoxy) is 4. The van der Waals surface area contributed by atoms with Crippen molar-refractivity contribution in [2.24, 2.45) is 0 Å². The largest absolute Gasteiger partial charge is 0.436 e. The van der Waals surface area contributed by atoms with E-state index >= 15 is 0 Å². The van der Waals surface area contributed by atoms with Crippen LogP contribution in [0.3, 0.4) is 0 Å². The van der Waals surface area contributed by atoms with Gasteiger partial charge in [-0.05, 0) is 0 Å². The van der Waals surface area contributed by atoms with E-state index in [0.717, 1.165) is 0 Å². The third kappa shape index (κ3) is 5.57. The summed E-state index contributed by atoms with van der Waals surface area (Å²) in [7, 11) is 4.47. The van der Waals surface area contributed by atoms with Gasteiger partial charge < -0.3 is 18.9 Å². The van der Waals surface area contributed by atoms with Crippen LogP contribution in [0.25, 0.3) is 0 Å². The molecule has 0 amide bonds. The highest BCUT2D eigenvalue weighted by molar-refractivity contribution is 5.66. The number of hydrogen-bond acceptors (Lipinski definition) is 5. The van der Waals surface area contributed by atoms with E-state index < -0.39 is 18.5 Å². The summed E-state index contributed by atoms with van der Waals surface area (Å²) >= 11 is 0. The zero-order valence-electron chi connectivity index (χ0n) is 8.40. The lowest BCUT2D eigenvalue weighted by molar-refractivity contribution is -0.195. The molecule has 0 aliphatic rings. The second-order valence-corrected chi connectivity index (χ2v) is 2.41. The normalized spacial score (nSPS) is 13.0. The Kier molecular flexibility index (Phi) is 6.48. The Morgan fingerprint density at radius 2 is 1.54 bits per heavy atom. The van der Waals surface area contributed by atoms with Crippen LogP contribution in [0.5, 0.6) is 0 Å².